The maximum absolute atomic E-state index is 10.5. The van der Waals surface area contributed by atoms with Gasteiger partial charge in [0.2, 0.25) is 5.91 Å². The number of hydrogen-bond acceptors (Lipinski definition) is 1. The molecule has 0 saturated heterocycles. The summed E-state index contributed by atoms with van der Waals surface area (Å²) < 4.78 is 1.18. The topological polar surface area (TPSA) is 20.3 Å². The van der Waals surface area contributed by atoms with Crippen LogP contribution in [0.25, 0.3) is 0 Å². The molecular formula is C5H10ClNO. The van der Waals surface area contributed by atoms with Crippen molar-refractivity contribution >= 4 is 17.7 Å². The van der Waals surface area contributed by atoms with Gasteiger partial charge >= 0.3 is 0 Å². The van der Waals surface area contributed by atoms with E-state index in [1.807, 2.05) is 6.92 Å². The largest absolute Gasteiger partial charge is 0.274 e. The Kier molecular flexibility index (Phi) is 3.61. The van der Waals surface area contributed by atoms with Crippen LogP contribution in [-0.4, -0.2) is 16.9 Å². The van der Waals surface area contributed by atoms with Crippen molar-refractivity contribution in [1.82, 2.24) is 4.42 Å². The van der Waals surface area contributed by atoms with Gasteiger partial charge in [-0.25, -0.2) is 0 Å². The van der Waals surface area contributed by atoms with Crippen molar-refractivity contribution in [2.75, 3.05) is 6.54 Å². The van der Waals surface area contributed by atoms with E-state index in [2.05, 4.69) is 0 Å². The van der Waals surface area contributed by atoms with E-state index in [0.29, 0.717) is 13.0 Å². The van der Waals surface area contributed by atoms with E-state index in [1.54, 1.807) is 6.92 Å². The van der Waals surface area contributed by atoms with E-state index in [9.17, 15) is 4.79 Å². The molecule has 0 radical (unpaired) electrons. The van der Waals surface area contributed by atoms with E-state index >= 15 is 0 Å². The molecule has 0 fully saturated rings. The second kappa shape index (κ2) is 3.72. The van der Waals surface area contributed by atoms with Crippen molar-refractivity contribution in [3.8, 4) is 0 Å². The van der Waals surface area contributed by atoms with Crippen molar-refractivity contribution in [1.29, 1.82) is 0 Å². The van der Waals surface area contributed by atoms with Crippen LogP contribution in [0.5, 0.6) is 0 Å². The molecule has 8 heavy (non-hydrogen) atoms. The molecule has 0 atom stereocenters. The zero-order chi connectivity index (χ0) is 6.57. The molecule has 3 heteroatoms. The number of carbonyl (C=O) groups is 1. The lowest BCUT2D eigenvalue weighted by Crippen LogP contribution is -2.19. The van der Waals surface area contributed by atoms with Gasteiger partial charge in [-0.3, -0.25) is 9.21 Å². The number of amides is 1. The molecule has 0 spiro atoms. The van der Waals surface area contributed by atoms with Gasteiger partial charge in [0, 0.05) is 24.7 Å². The molecule has 0 aromatic heterocycles. The molecular weight excluding hydrogens is 126 g/mol. The van der Waals surface area contributed by atoms with E-state index < -0.39 is 0 Å². The molecule has 48 valence electrons. The Hall–Kier alpha value is -0.240. The van der Waals surface area contributed by atoms with Crippen LogP contribution in [0.2, 0.25) is 0 Å². The molecule has 0 rings (SSSR count). The molecule has 0 N–H and O–H groups in total. The Morgan fingerprint density at radius 1 is 1.62 bits per heavy atom. The highest BCUT2D eigenvalue weighted by molar-refractivity contribution is 6.21. The normalized spacial score (nSPS) is 8.88. The van der Waals surface area contributed by atoms with Crippen LogP contribution in [0.15, 0.2) is 0 Å². The maximum Gasteiger partial charge on any atom is 0.236 e. The second-order valence-corrected chi connectivity index (χ2v) is 1.83. The Morgan fingerprint density at radius 3 is 2.25 bits per heavy atom. The summed E-state index contributed by atoms with van der Waals surface area (Å²) in [7, 11) is 0. The third-order valence-corrected chi connectivity index (χ3v) is 1.28. The van der Waals surface area contributed by atoms with Crippen LogP contribution in [0.3, 0.4) is 0 Å². The van der Waals surface area contributed by atoms with Gasteiger partial charge in [0.1, 0.15) is 0 Å². The number of rotatable bonds is 2. The lowest BCUT2D eigenvalue weighted by molar-refractivity contribution is -0.126. The first-order valence-corrected chi connectivity index (χ1v) is 3.02. The molecule has 0 bridgehead atoms. The zero-order valence-corrected chi connectivity index (χ0v) is 5.90. The monoisotopic (exact) mass is 135 g/mol. The van der Waals surface area contributed by atoms with Gasteiger partial charge in [0.05, 0.1) is 0 Å². The number of halogens is 1. The quantitative estimate of drug-likeness (QED) is 0.524. The van der Waals surface area contributed by atoms with E-state index in [4.69, 9.17) is 11.8 Å². The first-order chi connectivity index (χ1) is 3.72. The minimum absolute atomic E-state index is 0.0193. The van der Waals surface area contributed by atoms with Crippen molar-refractivity contribution in [3.05, 3.63) is 0 Å². The fourth-order valence-electron chi connectivity index (χ4n) is 0.348. The number of carbonyl (C=O) groups excluding carboxylic acids is 1. The predicted molar refractivity (Wildman–Crippen MR) is 33.5 cm³/mol. The molecule has 0 aromatic carbocycles. The molecule has 0 unspecified atom stereocenters. The lowest BCUT2D eigenvalue weighted by atomic mass is 10.4. The third-order valence-electron chi connectivity index (χ3n) is 0.851. The number of nitrogens with zero attached hydrogens (tertiary/aromatic N) is 1. The smallest absolute Gasteiger partial charge is 0.236 e. The van der Waals surface area contributed by atoms with Crippen LogP contribution in [0.1, 0.15) is 20.3 Å². The fraction of sp³-hybridized carbons (Fsp3) is 0.800. The highest BCUT2D eigenvalue weighted by atomic mass is 35.5. The van der Waals surface area contributed by atoms with Gasteiger partial charge in [-0.2, -0.15) is 0 Å². The molecule has 0 aliphatic heterocycles. The predicted octanol–water partition coefficient (Wildman–Crippen LogP) is 1.40. The van der Waals surface area contributed by atoms with Crippen LogP contribution in [0, 0.1) is 0 Å². The summed E-state index contributed by atoms with van der Waals surface area (Å²) in [5, 5.41) is 0. The Labute approximate surface area is 54.5 Å². The Bertz CT molecular complexity index is 84.5. The van der Waals surface area contributed by atoms with Gasteiger partial charge < -0.3 is 0 Å². The second-order valence-electron chi connectivity index (χ2n) is 1.43. The molecule has 0 aromatic rings. The third kappa shape index (κ3) is 2.17. The summed E-state index contributed by atoms with van der Waals surface area (Å²) in [6, 6.07) is 0. The minimum Gasteiger partial charge on any atom is -0.274 e. The van der Waals surface area contributed by atoms with Crippen LogP contribution in [0.4, 0.5) is 0 Å². The number of hydrogen-bond donors (Lipinski definition) is 0. The standard InChI is InChI=1S/C5H10ClNO/c1-3-5(8)7(6)4-2/h3-4H2,1-2H3. The molecule has 1 amide bonds. The summed E-state index contributed by atoms with van der Waals surface area (Å²) in [6.45, 7) is 4.20. The fourth-order valence-corrected chi connectivity index (χ4v) is 0.467. The van der Waals surface area contributed by atoms with Crippen LogP contribution in [-0.2, 0) is 4.79 Å². The lowest BCUT2D eigenvalue weighted by Gasteiger charge is -2.07. The summed E-state index contributed by atoms with van der Waals surface area (Å²) in [4.78, 5) is 10.5. The van der Waals surface area contributed by atoms with Gasteiger partial charge in [0.25, 0.3) is 0 Å². The summed E-state index contributed by atoms with van der Waals surface area (Å²) in [6.07, 6.45) is 0.483. The SMILES string of the molecule is CCC(=O)N(Cl)CC. The zero-order valence-electron chi connectivity index (χ0n) is 5.15. The van der Waals surface area contributed by atoms with Crippen molar-refractivity contribution in [2.24, 2.45) is 0 Å². The van der Waals surface area contributed by atoms with Gasteiger partial charge in [-0.1, -0.05) is 6.92 Å². The average molecular weight is 136 g/mol. The highest BCUT2D eigenvalue weighted by Crippen LogP contribution is 1.95. The van der Waals surface area contributed by atoms with E-state index in [1.165, 1.54) is 4.42 Å². The minimum atomic E-state index is -0.0193. The highest BCUT2D eigenvalue weighted by Gasteiger charge is 2.02. The van der Waals surface area contributed by atoms with E-state index in [0.717, 1.165) is 0 Å². The first-order valence-electron chi connectivity index (χ1n) is 2.68. The summed E-state index contributed by atoms with van der Waals surface area (Å²) in [5.41, 5.74) is 0. The van der Waals surface area contributed by atoms with Gasteiger partial charge in [-0.05, 0) is 6.92 Å². The van der Waals surface area contributed by atoms with Gasteiger partial charge in [-0.15, -0.1) is 0 Å². The summed E-state index contributed by atoms with van der Waals surface area (Å²) >= 11 is 5.40. The molecule has 0 saturated carbocycles. The Morgan fingerprint density at radius 2 is 2.12 bits per heavy atom. The van der Waals surface area contributed by atoms with Crippen molar-refractivity contribution in [3.63, 3.8) is 0 Å². The molecule has 0 heterocycles. The maximum atomic E-state index is 10.5. The van der Waals surface area contributed by atoms with Crippen LogP contribution >= 0.6 is 11.8 Å². The molecule has 2 nitrogen and oxygen atoms in total. The van der Waals surface area contributed by atoms with Crippen molar-refractivity contribution in [2.45, 2.75) is 20.3 Å². The first kappa shape index (κ1) is 7.76. The van der Waals surface area contributed by atoms with Gasteiger partial charge in [0.15, 0.2) is 0 Å². The Balaban J connectivity index is 3.46. The molecule has 0 aliphatic rings. The molecule has 0 aliphatic carbocycles. The van der Waals surface area contributed by atoms with Crippen LogP contribution < -0.4 is 0 Å². The van der Waals surface area contributed by atoms with Crippen molar-refractivity contribution < 1.29 is 4.79 Å². The van der Waals surface area contributed by atoms with E-state index in [-0.39, 0.29) is 5.91 Å². The summed E-state index contributed by atoms with van der Waals surface area (Å²) in [5.74, 6) is -0.0193. The average Bonchev–Trinajstić information content (AvgIpc) is 1.84.